The highest BCUT2D eigenvalue weighted by Crippen LogP contribution is 2.16. The molecule has 0 bridgehead atoms. The van der Waals surface area contributed by atoms with Crippen molar-refractivity contribution in [1.82, 2.24) is 9.80 Å². The number of hydrogen-bond donors (Lipinski definition) is 2. The number of amides is 2. The van der Waals surface area contributed by atoms with Gasteiger partial charge in [-0.1, -0.05) is 24.6 Å². The molecule has 0 unspecified atom stereocenters. The number of aliphatic hydroxyl groups excluding tert-OH is 1. The van der Waals surface area contributed by atoms with E-state index in [2.05, 4.69) is 10.2 Å². The second-order valence-corrected chi connectivity index (χ2v) is 6.08. The Hall–Kier alpha value is -1.30. The highest BCUT2D eigenvalue weighted by Gasteiger charge is 2.20. The Morgan fingerprint density at radius 1 is 1.36 bits per heavy atom. The Kier molecular flexibility index (Phi) is 6.49. The minimum absolute atomic E-state index is 0.0971. The maximum atomic E-state index is 12.3. The van der Waals surface area contributed by atoms with Gasteiger partial charge in [0.05, 0.1) is 6.10 Å². The molecule has 122 valence electrons. The normalized spacial score (nSPS) is 17.9. The SMILES string of the molecule is CC[C@@H](O)CN1CCCN(C(=O)Nc2cccc(Cl)c2)CC1. The van der Waals surface area contributed by atoms with Gasteiger partial charge in [-0.25, -0.2) is 4.79 Å². The zero-order chi connectivity index (χ0) is 15.9. The molecule has 1 aliphatic rings. The summed E-state index contributed by atoms with van der Waals surface area (Å²) >= 11 is 5.93. The van der Waals surface area contributed by atoms with Crippen molar-refractivity contribution in [3.63, 3.8) is 0 Å². The highest BCUT2D eigenvalue weighted by molar-refractivity contribution is 6.30. The van der Waals surface area contributed by atoms with Crippen LogP contribution in [0.1, 0.15) is 19.8 Å². The fourth-order valence-corrected chi connectivity index (χ4v) is 2.74. The monoisotopic (exact) mass is 325 g/mol. The molecule has 1 fully saturated rings. The smallest absolute Gasteiger partial charge is 0.321 e. The molecule has 1 aliphatic heterocycles. The molecule has 2 rings (SSSR count). The highest BCUT2D eigenvalue weighted by atomic mass is 35.5. The van der Waals surface area contributed by atoms with Crippen LogP contribution in [0.3, 0.4) is 0 Å². The number of carbonyl (C=O) groups is 1. The Bertz CT molecular complexity index is 498. The van der Waals surface area contributed by atoms with Crippen LogP contribution in [0.15, 0.2) is 24.3 Å². The van der Waals surface area contributed by atoms with Gasteiger partial charge in [-0.05, 0) is 37.6 Å². The zero-order valence-corrected chi connectivity index (χ0v) is 13.7. The molecule has 0 spiro atoms. The maximum Gasteiger partial charge on any atom is 0.321 e. The number of hydrogen-bond acceptors (Lipinski definition) is 3. The van der Waals surface area contributed by atoms with Gasteiger partial charge in [-0.3, -0.25) is 4.90 Å². The van der Waals surface area contributed by atoms with Crippen molar-refractivity contribution >= 4 is 23.3 Å². The van der Waals surface area contributed by atoms with E-state index in [1.165, 1.54) is 0 Å². The van der Waals surface area contributed by atoms with Crippen molar-refractivity contribution in [3.8, 4) is 0 Å². The second-order valence-electron chi connectivity index (χ2n) is 5.64. The lowest BCUT2D eigenvalue weighted by Crippen LogP contribution is -2.39. The number of β-amino-alcohol motifs (C(OH)–C–C–N with tert-alkyl or cyclic N) is 1. The van der Waals surface area contributed by atoms with E-state index in [1.54, 1.807) is 12.1 Å². The van der Waals surface area contributed by atoms with E-state index in [-0.39, 0.29) is 12.1 Å². The van der Waals surface area contributed by atoms with Gasteiger partial charge >= 0.3 is 6.03 Å². The topological polar surface area (TPSA) is 55.8 Å². The quantitative estimate of drug-likeness (QED) is 0.894. The number of nitrogens with zero attached hydrogens (tertiary/aromatic N) is 2. The summed E-state index contributed by atoms with van der Waals surface area (Å²) in [6.45, 7) is 5.76. The van der Waals surface area contributed by atoms with Crippen molar-refractivity contribution in [2.75, 3.05) is 38.0 Å². The summed E-state index contributed by atoms with van der Waals surface area (Å²) in [5.41, 5.74) is 0.708. The lowest BCUT2D eigenvalue weighted by Gasteiger charge is -2.23. The van der Waals surface area contributed by atoms with Crippen molar-refractivity contribution in [2.24, 2.45) is 0 Å². The summed E-state index contributed by atoms with van der Waals surface area (Å²) in [6.07, 6.45) is 1.39. The van der Waals surface area contributed by atoms with Gasteiger partial charge in [0.25, 0.3) is 0 Å². The van der Waals surface area contributed by atoms with E-state index < -0.39 is 0 Å². The molecule has 1 atom stereocenters. The van der Waals surface area contributed by atoms with Crippen LogP contribution in [0.2, 0.25) is 5.02 Å². The average Bonchev–Trinajstić information content (AvgIpc) is 2.73. The van der Waals surface area contributed by atoms with Gasteiger partial charge in [-0.2, -0.15) is 0 Å². The molecular formula is C16H24ClN3O2. The Morgan fingerprint density at radius 3 is 2.91 bits per heavy atom. The molecule has 6 heteroatoms. The number of halogens is 1. The number of aliphatic hydroxyl groups is 1. The van der Waals surface area contributed by atoms with E-state index in [9.17, 15) is 9.90 Å². The van der Waals surface area contributed by atoms with Crippen molar-refractivity contribution < 1.29 is 9.90 Å². The van der Waals surface area contributed by atoms with Gasteiger partial charge in [0.1, 0.15) is 0 Å². The Morgan fingerprint density at radius 2 is 2.18 bits per heavy atom. The van der Waals surface area contributed by atoms with E-state index in [0.29, 0.717) is 23.8 Å². The third-order valence-electron chi connectivity index (χ3n) is 3.89. The van der Waals surface area contributed by atoms with E-state index in [0.717, 1.165) is 32.5 Å². The second kappa shape index (κ2) is 8.36. The van der Waals surface area contributed by atoms with Gasteiger partial charge < -0.3 is 15.3 Å². The standard InChI is InChI=1S/C16H24ClN3O2/c1-2-15(21)12-19-7-4-8-20(10-9-19)16(22)18-14-6-3-5-13(17)11-14/h3,5-6,11,15,21H,2,4,7-10,12H2,1H3,(H,18,22)/t15-/m1/s1. The fourth-order valence-electron chi connectivity index (χ4n) is 2.55. The van der Waals surface area contributed by atoms with Gasteiger partial charge in [0, 0.05) is 36.9 Å². The van der Waals surface area contributed by atoms with E-state index in [4.69, 9.17) is 11.6 Å². The molecule has 22 heavy (non-hydrogen) atoms. The molecule has 1 aromatic rings. The maximum absolute atomic E-state index is 12.3. The van der Waals surface area contributed by atoms with Gasteiger partial charge in [0.15, 0.2) is 0 Å². The van der Waals surface area contributed by atoms with Crippen LogP contribution in [0.5, 0.6) is 0 Å². The van der Waals surface area contributed by atoms with Crippen LogP contribution in [0.4, 0.5) is 10.5 Å². The molecule has 0 aliphatic carbocycles. The molecule has 2 amide bonds. The Balaban J connectivity index is 1.86. The summed E-state index contributed by atoms with van der Waals surface area (Å²) in [4.78, 5) is 16.4. The first-order valence-corrected chi connectivity index (χ1v) is 8.18. The lowest BCUT2D eigenvalue weighted by atomic mass is 10.2. The largest absolute Gasteiger partial charge is 0.392 e. The molecule has 5 nitrogen and oxygen atoms in total. The van der Waals surface area contributed by atoms with Crippen LogP contribution >= 0.6 is 11.6 Å². The molecular weight excluding hydrogens is 302 g/mol. The minimum atomic E-state index is -0.285. The summed E-state index contributed by atoms with van der Waals surface area (Å²) < 4.78 is 0. The Labute approximate surface area is 136 Å². The predicted molar refractivity (Wildman–Crippen MR) is 89.4 cm³/mol. The van der Waals surface area contributed by atoms with E-state index in [1.807, 2.05) is 24.0 Å². The number of carbonyl (C=O) groups excluding carboxylic acids is 1. The fraction of sp³-hybridized carbons (Fsp3) is 0.562. The average molecular weight is 326 g/mol. The first kappa shape index (κ1) is 17.1. The first-order chi connectivity index (χ1) is 10.6. The van der Waals surface area contributed by atoms with Crippen LogP contribution < -0.4 is 5.32 Å². The summed E-state index contributed by atoms with van der Waals surface area (Å²) in [6, 6.07) is 7.06. The van der Waals surface area contributed by atoms with Gasteiger partial charge in [0.2, 0.25) is 0 Å². The third kappa shape index (κ3) is 5.16. The first-order valence-electron chi connectivity index (χ1n) is 7.80. The lowest BCUT2D eigenvalue weighted by molar-refractivity contribution is 0.111. The summed E-state index contributed by atoms with van der Waals surface area (Å²) in [5.74, 6) is 0. The molecule has 0 aromatic heterocycles. The number of rotatable bonds is 4. The van der Waals surface area contributed by atoms with Crippen LogP contribution in [-0.4, -0.2) is 59.8 Å². The minimum Gasteiger partial charge on any atom is -0.392 e. The van der Waals surface area contributed by atoms with Crippen molar-refractivity contribution in [1.29, 1.82) is 0 Å². The summed E-state index contributed by atoms with van der Waals surface area (Å²) in [5, 5.41) is 13.2. The van der Waals surface area contributed by atoms with Crippen LogP contribution in [-0.2, 0) is 0 Å². The van der Waals surface area contributed by atoms with Crippen LogP contribution in [0, 0.1) is 0 Å². The molecule has 1 aromatic carbocycles. The summed E-state index contributed by atoms with van der Waals surface area (Å²) in [7, 11) is 0. The predicted octanol–water partition coefficient (Wildman–Crippen LogP) is 2.65. The molecule has 0 saturated carbocycles. The molecule has 1 saturated heterocycles. The molecule has 1 heterocycles. The van der Waals surface area contributed by atoms with Crippen molar-refractivity contribution in [3.05, 3.63) is 29.3 Å². The molecule has 2 N–H and O–H groups in total. The number of urea groups is 1. The zero-order valence-electron chi connectivity index (χ0n) is 13.0. The number of benzene rings is 1. The van der Waals surface area contributed by atoms with Gasteiger partial charge in [-0.15, -0.1) is 0 Å². The number of anilines is 1. The molecule has 0 radical (unpaired) electrons. The van der Waals surface area contributed by atoms with E-state index >= 15 is 0 Å². The third-order valence-corrected chi connectivity index (χ3v) is 4.13. The van der Waals surface area contributed by atoms with Crippen molar-refractivity contribution in [2.45, 2.75) is 25.9 Å². The van der Waals surface area contributed by atoms with Crippen LogP contribution in [0.25, 0.3) is 0 Å². The number of nitrogens with one attached hydrogen (secondary N) is 1.